The standard InChI is InChI=1S/C19H22O3/c20-10-13-5-4-12-9-11-3-1-2-8-19-14(11)6-7-15(21)18(19)22-17(13)16(12)19/h4-5,11,14,18,20H,1-3,6-10H2/t11-,14?,18?,19+/m1/s1. The summed E-state index contributed by atoms with van der Waals surface area (Å²) in [5, 5.41) is 9.69. The summed E-state index contributed by atoms with van der Waals surface area (Å²) < 4.78 is 6.26. The van der Waals surface area contributed by atoms with Crippen LogP contribution >= 0.6 is 0 Å². The Hall–Kier alpha value is -1.35. The SMILES string of the molecule is O=C1CCC2[C@@H]3CCCC[C@@]24c2c(ccc(CO)c2OC14)C3. The normalized spacial score (nSPS) is 38.2. The summed E-state index contributed by atoms with van der Waals surface area (Å²) in [4.78, 5) is 12.6. The van der Waals surface area contributed by atoms with Gasteiger partial charge in [-0.2, -0.15) is 0 Å². The summed E-state index contributed by atoms with van der Waals surface area (Å²) >= 11 is 0. The third kappa shape index (κ3) is 1.39. The van der Waals surface area contributed by atoms with Gasteiger partial charge in [0.2, 0.25) is 0 Å². The monoisotopic (exact) mass is 298 g/mol. The molecule has 1 aliphatic heterocycles. The molecule has 1 heterocycles. The van der Waals surface area contributed by atoms with Gasteiger partial charge in [-0.3, -0.25) is 4.79 Å². The minimum absolute atomic E-state index is 0.00625. The molecule has 0 amide bonds. The lowest BCUT2D eigenvalue weighted by Gasteiger charge is -2.49. The van der Waals surface area contributed by atoms with Crippen LogP contribution in [0.5, 0.6) is 5.75 Å². The molecule has 2 saturated carbocycles. The van der Waals surface area contributed by atoms with E-state index in [0.717, 1.165) is 30.6 Å². The smallest absolute Gasteiger partial charge is 0.174 e. The number of carbonyl (C=O) groups is 1. The van der Waals surface area contributed by atoms with Gasteiger partial charge in [-0.25, -0.2) is 0 Å². The summed E-state index contributed by atoms with van der Waals surface area (Å²) in [6, 6.07) is 4.18. The maximum atomic E-state index is 12.6. The summed E-state index contributed by atoms with van der Waals surface area (Å²) in [7, 11) is 0. The number of ketones is 1. The molecule has 116 valence electrons. The van der Waals surface area contributed by atoms with Crippen molar-refractivity contribution >= 4 is 5.78 Å². The second kappa shape index (κ2) is 4.35. The molecule has 1 N–H and O–H groups in total. The molecular weight excluding hydrogens is 276 g/mol. The molecule has 0 aromatic heterocycles. The highest BCUT2D eigenvalue weighted by molar-refractivity contribution is 5.88. The number of benzene rings is 1. The van der Waals surface area contributed by atoms with E-state index >= 15 is 0 Å². The lowest BCUT2D eigenvalue weighted by molar-refractivity contribution is -0.134. The molecule has 4 atom stereocenters. The Morgan fingerprint density at radius 3 is 3.05 bits per heavy atom. The zero-order chi connectivity index (χ0) is 14.9. The van der Waals surface area contributed by atoms with E-state index in [4.69, 9.17) is 4.74 Å². The van der Waals surface area contributed by atoms with Gasteiger partial charge in [-0.15, -0.1) is 0 Å². The molecule has 5 rings (SSSR count). The maximum Gasteiger partial charge on any atom is 0.174 e. The molecule has 1 aromatic rings. The molecule has 1 spiro atoms. The van der Waals surface area contributed by atoms with Crippen LogP contribution in [0.15, 0.2) is 12.1 Å². The highest BCUT2D eigenvalue weighted by atomic mass is 16.5. The van der Waals surface area contributed by atoms with Crippen molar-refractivity contribution in [1.29, 1.82) is 0 Å². The van der Waals surface area contributed by atoms with Crippen molar-refractivity contribution in [3.05, 3.63) is 28.8 Å². The van der Waals surface area contributed by atoms with Crippen molar-refractivity contribution in [3.8, 4) is 5.75 Å². The molecule has 22 heavy (non-hydrogen) atoms. The zero-order valence-corrected chi connectivity index (χ0v) is 12.8. The van der Waals surface area contributed by atoms with Gasteiger partial charge in [0, 0.05) is 23.0 Å². The van der Waals surface area contributed by atoms with Crippen LogP contribution in [0.4, 0.5) is 0 Å². The average molecular weight is 298 g/mol. The predicted octanol–water partition coefficient (Wildman–Crippen LogP) is 2.90. The predicted molar refractivity (Wildman–Crippen MR) is 81.9 cm³/mol. The molecule has 3 aliphatic carbocycles. The Morgan fingerprint density at radius 2 is 2.18 bits per heavy atom. The van der Waals surface area contributed by atoms with Gasteiger partial charge in [-0.1, -0.05) is 25.0 Å². The van der Waals surface area contributed by atoms with Crippen LogP contribution in [0.1, 0.15) is 55.2 Å². The van der Waals surface area contributed by atoms with Crippen molar-refractivity contribution < 1.29 is 14.6 Å². The number of hydrogen-bond acceptors (Lipinski definition) is 3. The van der Waals surface area contributed by atoms with Crippen LogP contribution in [-0.4, -0.2) is 17.0 Å². The molecule has 3 heteroatoms. The number of aliphatic hydroxyl groups excluding tert-OH is 1. The Balaban J connectivity index is 1.82. The first-order valence-corrected chi connectivity index (χ1v) is 8.71. The van der Waals surface area contributed by atoms with E-state index in [1.54, 1.807) is 0 Å². The molecule has 0 radical (unpaired) electrons. The summed E-state index contributed by atoms with van der Waals surface area (Å²) in [5.74, 6) is 2.44. The third-order valence-corrected chi connectivity index (χ3v) is 6.79. The van der Waals surface area contributed by atoms with Crippen LogP contribution < -0.4 is 4.74 Å². The zero-order valence-electron chi connectivity index (χ0n) is 12.8. The molecule has 2 fully saturated rings. The first-order valence-electron chi connectivity index (χ1n) is 8.71. The highest BCUT2D eigenvalue weighted by Crippen LogP contribution is 2.63. The van der Waals surface area contributed by atoms with Gasteiger partial charge in [0.05, 0.1) is 6.61 Å². The van der Waals surface area contributed by atoms with Crippen molar-refractivity contribution in [3.63, 3.8) is 0 Å². The van der Waals surface area contributed by atoms with Gasteiger partial charge in [0.25, 0.3) is 0 Å². The highest BCUT2D eigenvalue weighted by Gasteiger charge is 2.63. The van der Waals surface area contributed by atoms with Crippen molar-refractivity contribution in [1.82, 2.24) is 0 Å². The molecule has 2 unspecified atom stereocenters. The van der Waals surface area contributed by atoms with Crippen LogP contribution in [0, 0.1) is 11.8 Å². The average Bonchev–Trinajstić information content (AvgIpc) is 2.82. The van der Waals surface area contributed by atoms with Crippen LogP contribution in [0.2, 0.25) is 0 Å². The molecule has 3 nitrogen and oxygen atoms in total. The molecule has 0 saturated heterocycles. The number of rotatable bonds is 1. The van der Waals surface area contributed by atoms with E-state index in [2.05, 4.69) is 6.07 Å². The van der Waals surface area contributed by atoms with Crippen LogP contribution in [0.25, 0.3) is 0 Å². The minimum Gasteiger partial charge on any atom is -0.481 e. The van der Waals surface area contributed by atoms with Crippen LogP contribution in [-0.2, 0) is 23.2 Å². The van der Waals surface area contributed by atoms with E-state index in [-0.39, 0.29) is 23.9 Å². The van der Waals surface area contributed by atoms with E-state index in [1.807, 2.05) is 6.07 Å². The number of hydrogen-bond donors (Lipinski definition) is 1. The van der Waals surface area contributed by atoms with Crippen molar-refractivity contribution in [2.75, 3.05) is 0 Å². The quantitative estimate of drug-likeness (QED) is 0.867. The van der Waals surface area contributed by atoms with Crippen LogP contribution in [0.3, 0.4) is 0 Å². The summed E-state index contributed by atoms with van der Waals surface area (Å²) in [5.41, 5.74) is 3.47. The summed E-state index contributed by atoms with van der Waals surface area (Å²) in [6.07, 6.45) is 7.40. The lowest BCUT2D eigenvalue weighted by atomic mass is 9.52. The van der Waals surface area contributed by atoms with Gasteiger partial charge in [-0.05, 0) is 43.1 Å². The van der Waals surface area contributed by atoms with E-state index in [0.29, 0.717) is 18.3 Å². The third-order valence-electron chi connectivity index (χ3n) is 6.79. The van der Waals surface area contributed by atoms with E-state index < -0.39 is 0 Å². The van der Waals surface area contributed by atoms with E-state index in [1.165, 1.54) is 30.4 Å². The summed E-state index contributed by atoms with van der Waals surface area (Å²) in [6.45, 7) is -0.00625. The number of aliphatic hydroxyl groups is 1. The Bertz CT molecular complexity index is 665. The fraction of sp³-hybridized carbons (Fsp3) is 0.632. The topological polar surface area (TPSA) is 46.5 Å². The van der Waals surface area contributed by atoms with Gasteiger partial charge < -0.3 is 9.84 Å². The second-order valence-corrected chi connectivity index (χ2v) is 7.61. The largest absolute Gasteiger partial charge is 0.481 e. The molecule has 2 bridgehead atoms. The number of ether oxygens (including phenoxy) is 1. The van der Waals surface area contributed by atoms with Gasteiger partial charge in [0.15, 0.2) is 11.9 Å². The van der Waals surface area contributed by atoms with Crippen molar-refractivity contribution in [2.45, 2.75) is 63.1 Å². The molecule has 1 aromatic carbocycles. The fourth-order valence-electron chi connectivity index (χ4n) is 6.03. The minimum atomic E-state index is -0.284. The van der Waals surface area contributed by atoms with Crippen molar-refractivity contribution in [2.24, 2.45) is 11.8 Å². The molecular formula is C19H22O3. The fourth-order valence-corrected chi connectivity index (χ4v) is 6.03. The van der Waals surface area contributed by atoms with Gasteiger partial charge >= 0.3 is 0 Å². The maximum absolute atomic E-state index is 12.6. The lowest BCUT2D eigenvalue weighted by Crippen LogP contribution is -2.56. The second-order valence-electron chi connectivity index (χ2n) is 7.61. The van der Waals surface area contributed by atoms with Gasteiger partial charge in [0.1, 0.15) is 5.75 Å². The number of Topliss-reactive ketones (excluding diaryl/α,β-unsaturated/α-hetero) is 1. The number of carbonyl (C=O) groups excluding carboxylic acids is 1. The first kappa shape index (κ1) is 13.1. The first-order chi connectivity index (χ1) is 10.8. The van der Waals surface area contributed by atoms with E-state index in [9.17, 15) is 9.90 Å². The Labute approximate surface area is 130 Å². The molecule has 4 aliphatic rings. The Morgan fingerprint density at radius 1 is 1.27 bits per heavy atom. The Kier molecular flexibility index (Phi) is 2.59.